The van der Waals surface area contributed by atoms with Crippen LogP contribution in [0, 0.1) is 6.92 Å². The summed E-state index contributed by atoms with van der Waals surface area (Å²) in [5.74, 6) is 0. The average molecular weight is 369 g/mol. The molecule has 0 saturated carbocycles. The van der Waals surface area contributed by atoms with Crippen LogP contribution in [-0.2, 0) is 6.42 Å². The Hall–Kier alpha value is -0.640. The largest absolute Gasteiger partial charge is 0.324 e. The summed E-state index contributed by atoms with van der Waals surface area (Å²) in [6, 6.07) is 14.6. The van der Waals surface area contributed by atoms with Crippen LogP contribution in [0.4, 0.5) is 0 Å². The van der Waals surface area contributed by atoms with Gasteiger partial charge in [-0.05, 0) is 48.2 Å². The number of hydrogen-bond donors (Lipinski definition) is 1. The lowest BCUT2D eigenvalue weighted by Gasteiger charge is -2.13. The molecule has 18 heavy (non-hydrogen) atoms. The molecule has 0 bridgehead atoms. The van der Waals surface area contributed by atoms with Crippen LogP contribution in [0.2, 0.25) is 0 Å². The van der Waals surface area contributed by atoms with E-state index in [0.29, 0.717) is 0 Å². The third-order valence-electron chi connectivity index (χ3n) is 2.98. The number of rotatable bonds is 3. The maximum absolute atomic E-state index is 6.26. The normalized spacial score (nSPS) is 12.4. The first-order chi connectivity index (χ1) is 8.56. The third-order valence-corrected chi connectivity index (χ3v) is 4.40. The summed E-state index contributed by atoms with van der Waals surface area (Å²) in [4.78, 5) is 0. The lowest BCUT2D eigenvalue weighted by molar-refractivity contribution is 0.721. The van der Waals surface area contributed by atoms with E-state index in [2.05, 4.69) is 81.2 Å². The van der Waals surface area contributed by atoms with Crippen molar-refractivity contribution in [3.8, 4) is 0 Å². The number of halogens is 2. The van der Waals surface area contributed by atoms with Gasteiger partial charge in [-0.25, -0.2) is 0 Å². The molecule has 3 heteroatoms. The van der Waals surface area contributed by atoms with Crippen molar-refractivity contribution < 1.29 is 0 Å². The summed E-state index contributed by atoms with van der Waals surface area (Å²) in [6.07, 6.45) is 0.856. The van der Waals surface area contributed by atoms with Crippen LogP contribution >= 0.6 is 31.9 Å². The summed E-state index contributed by atoms with van der Waals surface area (Å²) >= 11 is 6.94. The Bertz CT molecular complexity index is 535. The van der Waals surface area contributed by atoms with Crippen LogP contribution in [0.1, 0.15) is 22.7 Å². The van der Waals surface area contributed by atoms with Gasteiger partial charge in [-0.15, -0.1) is 0 Å². The first kappa shape index (κ1) is 13.8. The zero-order chi connectivity index (χ0) is 13.1. The van der Waals surface area contributed by atoms with E-state index in [1.54, 1.807) is 0 Å². The monoisotopic (exact) mass is 367 g/mol. The predicted octanol–water partition coefficient (Wildman–Crippen LogP) is 4.76. The molecule has 1 atom stereocenters. The highest BCUT2D eigenvalue weighted by molar-refractivity contribution is 9.10. The van der Waals surface area contributed by atoms with Crippen molar-refractivity contribution in [2.24, 2.45) is 5.73 Å². The molecular weight excluding hydrogens is 354 g/mol. The van der Waals surface area contributed by atoms with Gasteiger partial charge < -0.3 is 5.73 Å². The summed E-state index contributed by atoms with van der Waals surface area (Å²) in [6.45, 7) is 2.08. The van der Waals surface area contributed by atoms with Crippen molar-refractivity contribution in [1.82, 2.24) is 0 Å². The van der Waals surface area contributed by atoms with E-state index in [4.69, 9.17) is 5.73 Å². The molecule has 2 N–H and O–H groups in total. The highest BCUT2D eigenvalue weighted by Crippen LogP contribution is 2.23. The molecule has 0 fully saturated rings. The van der Waals surface area contributed by atoms with E-state index in [1.165, 1.54) is 16.7 Å². The van der Waals surface area contributed by atoms with Gasteiger partial charge in [-0.1, -0.05) is 56.1 Å². The minimum Gasteiger partial charge on any atom is -0.324 e. The Morgan fingerprint density at radius 3 is 2.33 bits per heavy atom. The van der Waals surface area contributed by atoms with Gasteiger partial charge in [0, 0.05) is 15.0 Å². The summed E-state index contributed by atoms with van der Waals surface area (Å²) in [7, 11) is 0. The van der Waals surface area contributed by atoms with Crippen LogP contribution in [0.25, 0.3) is 0 Å². The topological polar surface area (TPSA) is 26.0 Å². The fraction of sp³-hybridized carbons (Fsp3) is 0.200. The molecule has 0 spiro atoms. The van der Waals surface area contributed by atoms with Crippen molar-refractivity contribution in [1.29, 1.82) is 0 Å². The fourth-order valence-corrected chi connectivity index (χ4v) is 2.40. The zero-order valence-corrected chi connectivity index (χ0v) is 13.3. The molecule has 2 aromatic carbocycles. The molecule has 0 heterocycles. The van der Waals surface area contributed by atoms with E-state index >= 15 is 0 Å². The highest BCUT2D eigenvalue weighted by Gasteiger charge is 2.08. The van der Waals surface area contributed by atoms with Crippen LogP contribution in [-0.4, -0.2) is 0 Å². The van der Waals surface area contributed by atoms with Gasteiger partial charge in [0.1, 0.15) is 0 Å². The van der Waals surface area contributed by atoms with Gasteiger partial charge in [0.05, 0.1) is 0 Å². The van der Waals surface area contributed by atoms with Gasteiger partial charge >= 0.3 is 0 Å². The standard InChI is InChI=1S/C15H15Br2N/c1-10-8-12(4-7-14(10)17)15(18)9-11-2-5-13(16)6-3-11/h2-8,15H,9,18H2,1H3. The predicted molar refractivity (Wildman–Crippen MR) is 83.7 cm³/mol. The number of hydrogen-bond acceptors (Lipinski definition) is 1. The van der Waals surface area contributed by atoms with E-state index < -0.39 is 0 Å². The Morgan fingerprint density at radius 2 is 1.72 bits per heavy atom. The molecule has 0 saturated heterocycles. The molecule has 1 unspecified atom stereocenters. The zero-order valence-electron chi connectivity index (χ0n) is 10.2. The van der Waals surface area contributed by atoms with E-state index in [-0.39, 0.29) is 6.04 Å². The molecule has 0 aromatic heterocycles. The maximum atomic E-state index is 6.26. The Balaban J connectivity index is 2.13. The van der Waals surface area contributed by atoms with Crippen molar-refractivity contribution >= 4 is 31.9 Å². The molecule has 0 radical (unpaired) electrons. The molecule has 0 aliphatic carbocycles. The van der Waals surface area contributed by atoms with Crippen molar-refractivity contribution in [3.05, 3.63) is 68.1 Å². The minimum absolute atomic E-state index is 0.0398. The fourth-order valence-electron chi connectivity index (χ4n) is 1.89. The smallest absolute Gasteiger partial charge is 0.0335 e. The van der Waals surface area contributed by atoms with Gasteiger partial charge in [-0.2, -0.15) is 0 Å². The average Bonchev–Trinajstić information content (AvgIpc) is 2.35. The molecule has 94 valence electrons. The van der Waals surface area contributed by atoms with Gasteiger partial charge in [-0.3, -0.25) is 0 Å². The molecule has 0 amide bonds. The van der Waals surface area contributed by atoms with Crippen molar-refractivity contribution in [3.63, 3.8) is 0 Å². The number of aryl methyl sites for hydroxylation is 1. The quantitative estimate of drug-likeness (QED) is 0.830. The summed E-state index contributed by atoms with van der Waals surface area (Å²) < 4.78 is 2.22. The van der Waals surface area contributed by atoms with Crippen molar-refractivity contribution in [2.45, 2.75) is 19.4 Å². The molecule has 2 rings (SSSR count). The first-order valence-corrected chi connectivity index (χ1v) is 7.41. The second-order valence-electron chi connectivity index (χ2n) is 4.45. The molecular formula is C15H15Br2N. The number of benzene rings is 2. The van der Waals surface area contributed by atoms with Crippen LogP contribution in [0.15, 0.2) is 51.4 Å². The van der Waals surface area contributed by atoms with Gasteiger partial charge in [0.25, 0.3) is 0 Å². The van der Waals surface area contributed by atoms with Crippen molar-refractivity contribution in [2.75, 3.05) is 0 Å². The van der Waals surface area contributed by atoms with Gasteiger partial charge in [0.2, 0.25) is 0 Å². The third kappa shape index (κ3) is 3.44. The second kappa shape index (κ2) is 6.00. The highest BCUT2D eigenvalue weighted by atomic mass is 79.9. The number of nitrogens with two attached hydrogens (primary N) is 1. The second-order valence-corrected chi connectivity index (χ2v) is 6.22. The summed E-state index contributed by atoms with van der Waals surface area (Å²) in [5, 5.41) is 0. The summed E-state index contributed by atoms with van der Waals surface area (Å²) in [5.41, 5.74) is 9.91. The Morgan fingerprint density at radius 1 is 1.06 bits per heavy atom. The van der Waals surface area contributed by atoms with Crippen LogP contribution in [0.3, 0.4) is 0 Å². The minimum atomic E-state index is 0.0398. The SMILES string of the molecule is Cc1cc(C(N)Cc2ccc(Br)cc2)ccc1Br. The van der Waals surface area contributed by atoms with Gasteiger partial charge in [0.15, 0.2) is 0 Å². The Kier molecular flexibility index (Phi) is 4.60. The van der Waals surface area contributed by atoms with E-state index in [1.807, 2.05) is 0 Å². The Labute approximate surface area is 125 Å². The lowest BCUT2D eigenvalue weighted by atomic mass is 9.98. The molecule has 2 aromatic rings. The van der Waals surface area contributed by atoms with E-state index in [0.717, 1.165) is 15.4 Å². The molecule has 0 aliphatic rings. The van der Waals surface area contributed by atoms with E-state index in [9.17, 15) is 0 Å². The lowest BCUT2D eigenvalue weighted by Crippen LogP contribution is -2.13. The molecule has 1 nitrogen and oxygen atoms in total. The first-order valence-electron chi connectivity index (χ1n) is 5.82. The van der Waals surface area contributed by atoms with Crippen LogP contribution in [0.5, 0.6) is 0 Å². The van der Waals surface area contributed by atoms with Crippen LogP contribution < -0.4 is 5.73 Å². The molecule has 0 aliphatic heterocycles. The maximum Gasteiger partial charge on any atom is 0.0335 e.